The van der Waals surface area contributed by atoms with Crippen molar-refractivity contribution >= 4 is 0 Å². The van der Waals surface area contributed by atoms with Crippen molar-refractivity contribution in [2.45, 2.75) is 45.1 Å². The number of aryl methyl sites for hydroxylation is 3. The molecule has 3 rings (SSSR count). The zero-order valence-corrected chi connectivity index (χ0v) is 12.8. The van der Waals surface area contributed by atoms with E-state index in [0.717, 1.165) is 12.8 Å². The average molecular weight is 281 g/mol. The smallest absolute Gasteiger partial charge is 0.0546 e. The van der Waals surface area contributed by atoms with E-state index in [1.165, 1.54) is 34.4 Å². The third-order valence-corrected chi connectivity index (χ3v) is 4.59. The van der Waals surface area contributed by atoms with Crippen LogP contribution in [0, 0.1) is 13.8 Å². The lowest BCUT2D eigenvalue weighted by Crippen LogP contribution is -2.35. The standard InChI is InChI=1S/C18H23N3/c1-12-8-9-13(2)16(11-12)18(21-19)15-7-3-5-14-6-4-10-20-17(14)15/h4,6,8-11,15,18,21H,3,5,7,19H2,1-2H3. The summed E-state index contributed by atoms with van der Waals surface area (Å²) in [5.41, 5.74) is 9.49. The highest BCUT2D eigenvalue weighted by atomic mass is 15.2. The zero-order chi connectivity index (χ0) is 14.8. The van der Waals surface area contributed by atoms with Crippen LogP contribution in [0.5, 0.6) is 0 Å². The number of nitrogens with zero attached hydrogens (tertiary/aromatic N) is 1. The molecule has 0 saturated carbocycles. The predicted octanol–water partition coefficient (Wildman–Crippen LogP) is 3.32. The Morgan fingerprint density at radius 1 is 1.29 bits per heavy atom. The van der Waals surface area contributed by atoms with Gasteiger partial charge in [-0.3, -0.25) is 16.3 Å². The van der Waals surface area contributed by atoms with Crippen LogP contribution < -0.4 is 11.3 Å². The molecule has 1 aliphatic rings. The molecule has 1 heterocycles. The maximum absolute atomic E-state index is 5.93. The van der Waals surface area contributed by atoms with Gasteiger partial charge in [-0.25, -0.2) is 0 Å². The number of nitrogens with one attached hydrogen (secondary N) is 1. The van der Waals surface area contributed by atoms with Crippen molar-refractivity contribution < 1.29 is 0 Å². The fourth-order valence-electron chi connectivity index (χ4n) is 3.49. The van der Waals surface area contributed by atoms with Gasteiger partial charge in [-0.05, 0) is 55.9 Å². The molecule has 3 heteroatoms. The third kappa shape index (κ3) is 2.71. The predicted molar refractivity (Wildman–Crippen MR) is 85.9 cm³/mol. The topological polar surface area (TPSA) is 50.9 Å². The highest BCUT2D eigenvalue weighted by Crippen LogP contribution is 2.39. The second-order valence-electron chi connectivity index (χ2n) is 6.05. The Hall–Kier alpha value is -1.71. The van der Waals surface area contributed by atoms with E-state index in [1.54, 1.807) is 0 Å². The van der Waals surface area contributed by atoms with E-state index in [9.17, 15) is 0 Å². The molecule has 110 valence electrons. The minimum absolute atomic E-state index is 0.124. The van der Waals surface area contributed by atoms with Gasteiger partial charge in [-0.1, -0.05) is 29.8 Å². The van der Waals surface area contributed by atoms with Gasteiger partial charge in [0.15, 0.2) is 0 Å². The monoisotopic (exact) mass is 281 g/mol. The van der Waals surface area contributed by atoms with Gasteiger partial charge >= 0.3 is 0 Å². The van der Waals surface area contributed by atoms with Crippen LogP contribution in [0.4, 0.5) is 0 Å². The summed E-state index contributed by atoms with van der Waals surface area (Å²) < 4.78 is 0. The maximum atomic E-state index is 5.93. The van der Waals surface area contributed by atoms with Gasteiger partial charge in [0.2, 0.25) is 0 Å². The fraction of sp³-hybridized carbons (Fsp3) is 0.389. The first-order valence-electron chi connectivity index (χ1n) is 7.68. The molecule has 0 amide bonds. The lowest BCUT2D eigenvalue weighted by Gasteiger charge is -2.32. The molecule has 3 nitrogen and oxygen atoms in total. The molecule has 0 fully saturated rings. The minimum Gasteiger partial charge on any atom is -0.271 e. The van der Waals surface area contributed by atoms with Crippen LogP contribution in [0.15, 0.2) is 36.5 Å². The van der Waals surface area contributed by atoms with Gasteiger partial charge in [0, 0.05) is 17.8 Å². The summed E-state index contributed by atoms with van der Waals surface area (Å²) in [4.78, 5) is 4.65. The van der Waals surface area contributed by atoms with Crippen LogP contribution in [-0.4, -0.2) is 4.98 Å². The third-order valence-electron chi connectivity index (χ3n) is 4.59. The number of hydrazine groups is 1. The number of pyridine rings is 1. The number of nitrogens with two attached hydrogens (primary N) is 1. The van der Waals surface area contributed by atoms with Gasteiger partial charge in [-0.2, -0.15) is 0 Å². The lowest BCUT2D eigenvalue weighted by molar-refractivity contribution is 0.398. The number of rotatable bonds is 3. The van der Waals surface area contributed by atoms with Crippen molar-refractivity contribution in [3.63, 3.8) is 0 Å². The van der Waals surface area contributed by atoms with Crippen LogP contribution in [0.25, 0.3) is 0 Å². The summed E-state index contributed by atoms with van der Waals surface area (Å²) in [6, 6.07) is 10.9. The number of hydrogen-bond donors (Lipinski definition) is 2. The van der Waals surface area contributed by atoms with E-state index < -0.39 is 0 Å². The van der Waals surface area contributed by atoms with Crippen molar-refractivity contribution in [3.8, 4) is 0 Å². The molecule has 0 bridgehead atoms. The Morgan fingerprint density at radius 2 is 2.14 bits per heavy atom. The van der Waals surface area contributed by atoms with Gasteiger partial charge in [0.25, 0.3) is 0 Å². The number of aromatic nitrogens is 1. The Balaban J connectivity index is 2.03. The van der Waals surface area contributed by atoms with E-state index in [4.69, 9.17) is 5.84 Å². The highest BCUT2D eigenvalue weighted by Gasteiger charge is 2.30. The lowest BCUT2D eigenvalue weighted by atomic mass is 9.78. The molecule has 2 aromatic rings. The Labute approximate surface area is 126 Å². The molecule has 1 aromatic heterocycles. The van der Waals surface area contributed by atoms with Crippen molar-refractivity contribution in [2.75, 3.05) is 0 Å². The van der Waals surface area contributed by atoms with Crippen molar-refractivity contribution in [1.29, 1.82) is 0 Å². The fourth-order valence-corrected chi connectivity index (χ4v) is 3.49. The minimum atomic E-state index is 0.124. The molecule has 21 heavy (non-hydrogen) atoms. The molecule has 1 aliphatic carbocycles. The van der Waals surface area contributed by atoms with E-state index in [-0.39, 0.29) is 6.04 Å². The molecule has 2 atom stereocenters. The van der Waals surface area contributed by atoms with Crippen LogP contribution in [0.3, 0.4) is 0 Å². The first-order chi connectivity index (χ1) is 10.2. The van der Waals surface area contributed by atoms with Gasteiger partial charge in [-0.15, -0.1) is 0 Å². The number of fused-ring (bicyclic) bond motifs is 1. The van der Waals surface area contributed by atoms with E-state index in [0.29, 0.717) is 5.92 Å². The quantitative estimate of drug-likeness (QED) is 0.670. The largest absolute Gasteiger partial charge is 0.271 e. The Morgan fingerprint density at radius 3 is 2.95 bits per heavy atom. The summed E-state index contributed by atoms with van der Waals surface area (Å²) in [6.45, 7) is 4.28. The van der Waals surface area contributed by atoms with Crippen molar-refractivity contribution in [3.05, 3.63) is 64.5 Å². The molecule has 0 radical (unpaired) electrons. The second kappa shape index (κ2) is 5.96. The summed E-state index contributed by atoms with van der Waals surface area (Å²) >= 11 is 0. The normalized spacial score (nSPS) is 19.1. The summed E-state index contributed by atoms with van der Waals surface area (Å²) in [7, 11) is 0. The zero-order valence-electron chi connectivity index (χ0n) is 12.8. The first-order valence-corrected chi connectivity index (χ1v) is 7.68. The molecule has 2 unspecified atom stereocenters. The Kier molecular flexibility index (Phi) is 4.04. The van der Waals surface area contributed by atoms with Crippen LogP contribution >= 0.6 is 0 Å². The van der Waals surface area contributed by atoms with Gasteiger partial charge < -0.3 is 0 Å². The molecule has 1 aromatic carbocycles. The van der Waals surface area contributed by atoms with Crippen LogP contribution in [0.1, 0.15) is 52.7 Å². The maximum Gasteiger partial charge on any atom is 0.0546 e. The SMILES string of the molecule is Cc1ccc(C)c(C(NN)C2CCCc3cccnc32)c1. The van der Waals surface area contributed by atoms with Gasteiger partial charge in [0.1, 0.15) is 0 Å². The second-order valence-corrected chi connectivity index (χ2v) is 6.05. The summed E-state index contributed by atoms with van der Waals surface area (Å²) in [6.07, 6.45) is 5.36. The molecule has 0 spiro atoms. The number of hydrogen-bond acceptors (Lipinski definition) is 3. The molecular weight excluding hydrogens is 258 g/mol. The summed E-state index contributed by atoms with van der Waals surface area (Å²) in [5, 5.41) is 0. The van der Waals surface area contributed by atoms with E-state index in [1.807, 2.05) is 12.3 Å². The van der Waals surface area contributed by atoms with Crippen LogP contribution in [0.2, 0.25) is 0 Å². The average Bonchev–Trinajstić information content (AvgIpc) is 2.51. The number of benzene rings is 1. The first kappa shape index (κ1) is 14.2. The van der Waals surface area contributed by atoms with Crippen LogP contribution in [-0.2, 0) is 6.42 Å². The molecular formula is C18H23N3. The van der Waals surface area contributed by atoms with E-state index in [2.05, 4.69) is 48.5 Å². The molecule has 0 saturated heterocycles. The summed E-state index contributed by atoms with van der Waals surface area (Å²) in [5.74, 6) is 6.28. The molecule has 0 aliphatic heterocycles. The Bertz CT molecular complexity index is 636. The van der Waals surface area contributed by atoms with Crippen molar-refractivity contribution in [2.24, 2.45) is 5.84 Å². The highest BCUT2D eigenvalue weighted by molar-refractivity contribution is 5.37. The molecule has 3 N–H and O–H groups in total. The van der Waals surface area contributed by atoms with E-state index >= 15 is 0 Å². The van der Waals surface area contributed by atoms with Crippen molar-refractivity contribution in [1.82, 2.24) is 10.4 Å². The van der Waals surface area contributed by atoms with Gasteiger partial charge in [0.05, 0.1) is 6.04 Å².